The summed E-state index contributed by atoms with van der Waals surface area (Å²) in [5.74, 6) is -2.44. The molecule has 20 heavy (non-hydrogen) atoms. The highest BCUT2D eigenvalue weighted by atomic mass is 16.4. The number of carboxylic acid groups (broad SMARTS) is 2. The third kappa shape index (κ3) is 4.69. The number of nitrogens with zero attached hydrogens (tertiary/aromatic N) is 1. The van der Waals surface area contributed by atoms with Crippen molar-refractivity contribution in [1.29, 1.82) is 0 Å². The third-order valence-corrected chi connectivity index (χ3v) is 3.39. The summed E-state index contributed by atoms with van der Waals surface area (Å²) in [7, 11) is 0. The number of carbonyl (C=O) groups is 3. The predicted octanol–water partition coefficient (Wildman–Crippen LogP) is -0.283. The molecule has 0 spiro atoms. The van der Waals surface area contributed by atoms with E-state index in [0.29, 0.717) is 19.5 Å². The van der Waals surface area contributed by atoms with Crippen LogP contribution in [0.5, 0.6) is 0 Å². The van der Waals surface area contributed by atoms with E-state index in [2.05, 4.69) is 5.32 Å². The molecule has 4 N–H and O–H groups in total. The topological polar surface area (TPSA) is 127 Å². The maximum atomic E-state index is 11.9. The Kier molecular flexibility index (Phi) is 5.75. The first-order valence-corrected chi connectivity index (χ1v) is 6.49. The van der Waals surface area contributed by atoms with E-state index in [1.165, 1.54) is 4.90 Å². The van der Waals surface area contributed by atoms with Crippen LogP contribution in [0.25, 0.3) is 0 Å². The van der Waals surface area contributed by atoms with Gasteiger partial charge in [-0.2, -0.15) is 0 Å². The lowest BCUT2D eigenvalue weighted by molar-refractivity contribution is -0.140. The first-order valence-electron chi connectivity index (χ1n) is 6.49. The number of urea groups is 1. The van der Waals surface area contributed by atoms with E-state index in [1.807, 2.05) is 6.92 Å². The second kappa shape index (κ2) is 7.09. The van der Waals surface area contributed by atoms with E-state index in [9.17, 15) is 19.5 Å². The minimum atomic E-state index is -1.26. The van der Waals surface area contributed by atoms with E-state index >= 15 is 0 Å². The number of likely N-dealkylation sites (tertiary alicyclic amines) is 1. The van der Waals surface area contributed by atoms with E-state index in [4.69, 9.17) is 10.2 Å². The van der Waals surface area contributed by atoms with Crippen molar-refractivity contribution in [3.05, 3.63) is 0 Å². The summed E-state index contributed by atoms with van der Waals surface area (Å²) in [5.41, 5.74) is 0. The minimum absolute atomic E-state index is 0.0724. The van der Waals surface area contributed by atoms with Gasteiger partial charge in [0.25, 0.3) is 0 Å². The highest BCUT2D eigenvalue weighted by molar-refractivity contribution is 5.83. The van der Waals surface area contributed by atoms with Crippen LogP contribution in [0.1, 0.15) is 26.2 Å². The molecule has 1 rings (SSSR count). The fraction of sp³-hybridized carbons (Fsp3) is 0.750. The first kappa shape index (κ1) is 16.2. The number of carbonyl (C=O) groups excluding carboxylic acids is 1. The monoisotopic (exact) mass is 288 g/mol. The molecule has 2 amide bonds. The molecule has 2 unspecified atom stereocenters. The lowest BCUT2D eigenvalue weighted by atomic mass is 9.97. The Hall–Kier alpha value is -1.83. The van der Waals surface area contributed by atoms with Gasteiger partial charge in [0.15, 0.2) is 0 Å². The molecule has 0 aromatic rings. The molecule has 1 heterocycles. The molecule has 1 fully saturated rings. The summed E-state index contributed by atoms with van der Waals surface area (Å²) < 4.78 is 0. The Labute approximate surface area is 116 Å². The zero-order chi connectivity index (χ0) is 15.3. The number of aliphatic hydroxyl groups excluding tert-OH is 1. The number of nitrogens with one attached hydrogen (secondary N) is 1. The van der Waals surface area contributed by atoms with Crippen LogP contribution >= 0.6 is 0 Å². The Balaban J connectivity index is 2.53. The van der Waals surface area contributed by atoms with Gasteiger partial charge in [-0.25, -0.2) is 9.59 Å². The number of hydrogen-bond donors (Lipinski definition) is 4. The molecule has 0 saturated carbocycles. The second-order valence-electron chi connectivity index (χ2n) is 5.05. The van der Waals surface area contributed by atoms with Gasteiger partial charge >= 0.3 is 18.0 Å². The Morgan fingerprint density at radius 1 is 1.35 bits per heavy atom. The molecule has 3 atom stereocenters. The molecule has 0 bridgehead atoms. The standard InChI is InChI=1S/C12H20N2O6/c1-7-6-14(5-4-9(7)15)12(20)13-8(11(18)19)2-3-10(16)17/h7-9,15H,2-6H2,1H3,(H,13,20)(H,16,17)(H,18,19)/t7?,8-,9?/m0/s1. The minimum Gasteiger partial charge on any atom is -0.481 e. The number of carboxylic acids is 2. The molecular formula is C12H20N2O6. The first-order chi connectivity index (χ1) is 9.31. The predicted molar refractivity (Wildman–Crippen MR) is 68.2 cm³/mol. The van der Waals surface area contributed by atoms with Gasteiger partial charge in [0.1, 0.15) is 6.04 Å². The van der Waals surface area contributed by atoms with Gasteiger partial charge < -0.3 is 25.5 Å². The van der Waals surface area contributed by atoms with E-state index < -0.39 is 30.1 Å². The lowest BCUT2D eigenvalue weighted by Gasteiger charge is -2.34. The molecule has 114 valence electrons. The number of hydrogen-bond acceptors (Lipinski definition) is 4. The van der Waals surface area contributed by atoms with Crippen molar-refractivity contribution in [2.45, 2.75) is 38.3 Å². The Morgan fingerprint density at radius 3 is 2.50 bits per heavy atom. The van der Waals surface area contributed by atoms with Gasteiger partial charge in [0.05, 0.1) is 6.10 Å². The summed E-state index contributed by atoms with van der Waals surface area (Å²) in [4.78, 5) is 34.8. The maximum Gasteiger partial charge on any atom is 0.326 e. The molecule has 8 nitrogen and oxygen atoms in total. The van der Waals surface area contributed by atoms with Crippen LogP contribution < -0.4 is 5.32 Å². The fourth-order valence-corrected chi connectivity index (χ4v) is 2.08. The Morgan fingerprint density at radius 2 is 2.00 bits per heavy atom. The summed E-state index contributed by atoms with van der Waals surface area (Å²) >= 11 is 0. The van der Waals surface area contributed by atoms with Crippen molar-refractivity contribution < 1.29 is 29.7 Å². The van der Waals surface area contributed by atoms with Gasteiger partial charge in [-0.1, -0.05) is 6.92 Å². The quantitative estimate of drug-likeness (QED) is 0.551. The zero-order valence-corrected chi connectivity index (χ0v) is 11.3. The number of amides is 2. The fourth-order valence-electron chi connectivity index (χ4n) is 2.08. The van der Waals surface area contributed by atoms with Crippen LogP contribution in [0, 0.1) is 5.92 Å². The normalized spacial score (nSPS) is 24.0. The van der Waals surface area contributed by atoms with Crippen LogP contribution in [0.15, 0.2) is 0 Å². The Bertz CT molecular complexity index is 386. The summed E-state index contributed by atoms with van der Waals surface area (Å²) in [5, 5.41) is 29.4. The number of rotatable bonds is 5. The summed E-state index contributed by atoms with van der Waals surface area (Å²) in [6, 6.07) is -1.76. The molecule has 0 aromatic carbocycles. The van der Waals surface area contributed by atoms with Crippen molar-refractivity contribution in [3.8, 4) is 0 Å². The lowest BCUT2D eigenvalue weighted by Crippen LogP contribution is -2.52. The number of piperidine rings is 1. The third-order valence-electron chi connectivity index (χ3n) is 3.39. The average molecular weight is 288 g/mol. The van der Waals surface area contributed by atoms with Gasteiger partial charge in [0.2, 0.25) is 0 Å². The van der Waals surface area contributed by atoms with Crippen LogP contribution in [-0.4, -0.2) is 63.4 Å². The molecule has 0 aromatic heterocycles. The van der Waals surface area contributed by atoms with Crippen molar-refractivity contribution >= 4 is 18.0 Å². The largest absolute Gasteiger partial charge is 0.481 e. The molecule has 0 radical (unpaired) electrons. The van der Waals surface area contributed by atoms with Gasteiger partial charge in [-0.05, 0) is 18.8 Å². The van der Waals surface area contributed by atoms with Crippen molar-refractivity contribution in [1.82, 2.24) is 10.2 Å². The van der Waals surface area contributed by atoms with Crippen LogP contribution in [0.4, 0.5) is 4.79 Å². The SMILES string of the molecule is CC1CN(C(=O)N[C@@H](CCC(=O)O)C(=O)O)CCC1O. The van der Waals surface area contributed by atoms with Gasteiger partial charge in [-0.3, -0.25) is 4.79 Å². The van der Waals surface area contributed by atoms with Crippen LogP contribution in [-0.2, 0) is 9.59 Å². The molecule has 1 aliphatic heterocycles. The van der Waals surface area contributed by atoms with E-state index in [1.54, 1.807) is 0 Å². The average Bonchev–Trinajstić information content (AvgIpc) is 2.36. The van der Waals surface area contributed by atoms with E-state index in [0.717, 1.165) is 0 Å². The van der Waals surface area contributed by atoms with Crippen molar-refractivity contribution in [2.75, 3.05) is 13.1 Å². The highest BCUT2D eigenvalue weighted by Gasteiger charge is 2.29. The van der Waals surface area contributed by atoms with Gasteiger partial charge in [-0.15, -0.1) is 0 Å². The number of aliphatic carboxylic acids is 2. The number of aliphatic hydroxyl groups is 1. The summed E-state index contributed by atoms with van der Waals surface area (Å²) in [6.07, 6.45) is -0.502. The zero-order valence-electron chi connectivity index (χ0n) is 11.3. The molecule has 8 heteroatoms. The van der Waals surface area contributed by atoms with Crippen molar-refractivity contribution in [2.24, 2.45) is 5.92 Å². The van der Waals surface area contributed by atoms with Gasteiger partial charge in [0, 0.05) is 19.5 Å². The maximum absolute atomic E-state index is 11.9. The van der Waals surface area contributed by atoms with Crippen LogP contribution in [0.2, 0.25) is 0 Å². The molecule has 1 saturated heterocycles. The molecule has 1 aliphatic rings. The van der Waals surface area contributed by atoms with Crippen LogP contribution in [0.3, 0.4) is 0 Å². The molecular weight excluding hydrogens is 268 g/mol. The molecule has 0 aliphatic carbocycles. The smallest absolute Gasteiger partial charge is 0.326 e. The second-order valence-corrected chi connectivity index (χ2v) is 5.05. The highest BCUT2D eigenvalue weighted by Crippen LogP contribution is 2.16. The van der Waals surface area contributed by atoms with Crippen molar-refractivity contribution in [3.63, 3.8) is 0 Å². The summed E-state index contributed by atoms with van der Waals surface area (Å²) in [6.45, 7) is 2.50. The van der Waals surface area contributed by atoms with E-state index in [-0.39, 0.29) is 18.8 Å².